The lowest BCUT2D eigenvalue weighted by Gasteiger charge is -2.43. The summed E-state index contributed by atoms with van der Waals surface area (Å²) in [5.74, 6) is -5.63. The van der Waals surface area contributed by atoms with E-state index in [2.05, 4.69) is 0 Å². The van der Waals surface area contributed by atoms with Crippen LogP contribution >= 0.6 is 0 Å². The van der Waals surface area contributed by atoms with Crippen molar-refractivity contribution in [1.29, 1.82) is 0 Å². The molecule has 2 aliphatic rings. The van der Waals surface area contributed by atoms with Crippen molar-refractivity contribution in [1.82, 2.24) is 0 Å². The van der Waals surface area contributed by atoms with Gasteiger partial charge in [-0.2, -0.15) is 0 Å². The first-order valence-corrected chi connectivity index (χ1v) is 21.3. The van der Waals surface area contributed by atoms with Gasteiger partial charge >= 0.3 is 17.9 Å². The van der Waals surface area contributed by atoms with Crippen molar-refractivity contribution in [3.05, 3.63) is 160 Å². The standard InChI is InChI=1S/C52H48O14/c1-28-29(2)52(64-42-27-63-50(58)36-22-38(53)30(3)45(55)43(36)44-37(51(59)65-47(28)42)23-39(54)31(4)46(44)56)66-49(57)35-20-40(60-24-32-14-8-5-9-15-32)48(62-26-34-18-12-7-13-19-34)41(21-35)61-25-33-16-10-6-11-17-33/h5-23,28-29,42,47,52-56H,24-27H2,1-4H3/t28-,29?,42?,47+,52+/m1/s1. The molecule has 6 aromatic carbocycles. The highest BCUT2D eigenvalue weighted by atomic mass is 16.7. The molecule has 1 saturated heterocycles. The molecule has 5 atom stereocenters. The van der Waals surface area contributed by atoms with Crippen molar-refractivity contribution in [2.45, 2.75) is 66.0 Å². The van der Waals surface area contributed by atoms with Gasteiger partial charge in [0.1, 0.15) is 61.6 Å². The summed E-state index contributed by atoms with van der Waals surface area (Å²) >= 11 is 0. The molecule has 4 N–H and O–H groups in total. The molecule has 0 radical (unpaired) electrons. The Morgan fingerprint density at radius 1 is 0.621 bits per heavy atom. The number of rotatable bonds is 11. The van der Waals surface area contributed by atoms with E-state index >= 15 is 0 Å². The number of fused-ring (bicyclic) bond motifs is 4. The summed E-state index contributed by atoms with van der Waals surface area (Å²) in [5, 5.41) is 44.1. The van der Waals surface area contributed by atoms with Crippen molar-refractivity contribution >= 4 is 17.9 Å². The van der Waals surface area contributed by atoms with Gasteiger partial charge in [-0.05, 0) is 54.8 Å². The molecule has 0 spiro atoms. The fourth-order valence-corrected chi connectivity index (χ4v) is 7.89. The normalized spacial score (nSPS) is 19.1. The van der Waals surface area contributed by atoms with E-state index in [1.807, 2.05) is 91.0 Å². The second kappa shape index (κ2) is 19.2. The number of aromatic hydroxyl groups is 4. The van der Waals surface area contributed by atoms with Crippen LogP contribution in [0.5, 0.6) is 40.2 Å². The SMILES string of the molecule is Cc1c(O)cc2c(c1O)-c1c(cc(O)c(C)c1O)C(=O)O[C@@H]1C(COC2=O)O[C@@H](OC(=O)c2cc(OCc3ccccc3)c(OCc3ccccc3)c(OCc3ccccc3)c2)C(C)[C@H]1C. The molecule has 66 heavy (non-hydrogen) atoms. The van der Waals surface area contributed by atoms with Gasteiger partial charge in [-0.3, -0.25) is 0 Å². The van der Waals surface area contributed by atoms with Crippen molar-refractivity contribution in [3.63, 3.8) is 0 Å². The number of carbonyl (C=O) groups excluding carboxylic acids is 3. The Balaban J connectivity index is 1.12. The third-order valence-electron chi connectivity index (χ3n) is 12.0. The zero-order valence-corrected chi connectivity index (χ0v) is 36.6. The molecule has 340 valence electrons. The van der Waals surface area contributed by atoms with E-state index in [1.165, 1.54) is 26.0 Å². The van der Waals surface area contributed by atoms with E-state index < -0.39 is 83.4 Å². The van der Waals surface area contributed by atoms with Crippen LogP contribution in [0.4, 0.5) is 0 Å². The molecule has 2 unspecified atom stereocenters. The lowest BCUT2D eigenvalue weighted by molar-refractivity contribution is -0.248. The number of carbonyl (C=O) groups is 3. The molecule has 2 heterocycles. The number of esters is 3. The largest absolute Gasteiger partial charge is 0.508 e. The van der Waals surface area contributed by atoms with Crippen LogP contribution in [0.2, 0.25) is 0 Å². The second-order valence-corrected chi connectivity index (χ2v) is 16.3. The molecule has 0 aromatic heterocycles. The first kappa shape index (κ1) is 44.9. The monoisotopic (exact) mass is 896 g/mol. The van der Waals surface area contributed by atoms with Gasteiger partial charge in [-0.15, -0.1) is 0 Å². The van der Waals surface area contributed by atoms with E-state index in [4.69, 9.17) is 33.2 Å². The summed E-state index contributed by atoms with van der Waals surface area (Å²) < 4.78 is 43.3. The highest BCUT2D eigenvalue weighted by Gasteiger charge is 2.47. The van der Waals surface area contributed by atoms with E-state index in [0.717, 1.165) is 28.8 Å². The molecule has 0 amide bonds. The lowest BCUT2D eigenvalue weighted by atomic mass is 9.84. The summed E-state index contributed by atoms with van der Waals surface area (Å²) in [6, 6.07) is 33.6. The first-order chi connectivity index (χ1) is 31.8. The summed E-state index contributed by atoms with van der Waals surface area (Å²) in [6.07, 6.45) is -3.63. The lowest BCUT2D eigenvalue weighted by Crippen LogP contribution is -2.54. The third-order valence-corrected chi connectivity index (χ3v) is 12.0. The van der Waals surface area contributed by atoms with E-state index in [0.29, 0.717) is 0 Å². The van der Waals surface area contributed by atoms with Gasteiger partial charge in [0.25, 0.3) is 0 Å². The topological polar surface area (TPSA) is 197 Å². The number of hydrogen-bond donors (Lipinski definition) is 4. The first-order valence-electron chi connectivity index (χ1n) is 21.3. The molecule has 14 nitrogen and oxygen atoms in total. The van der Waals surface area contributed by atoms with E-state index in [9.17, 15) is 34.8 Å². The molecule has 8 rings (SSSR count). The van der Waals surface area contributed by atoms with Crippen LogP contribution in [0.3, 0.4) is 0 Å². The van der Waals surface area contributed by atoms with Crippen LogP contribution < -0.4 is 14.2 Å². The highest BCUT2D eigenvalue weighted by Crippen LogP contribution is 2.49. The smallest absolute Gasteiger partial charge is 0.340 e. The molecule has 0 bridgehead atoms. The van der Waals surface area contributed by atoms with Crippen molar-refractivity contribution < 1.29 is 68.0 Å². The maximum atomic E-state index is 14.4. The molecular formula is C52H48O14. The Hall–Kier alpha value is -7.71. The van der Waals surface area contributed by atoms with E-state index in [-0.39, 0.29) is 70.4 Å². The summed E-state index contributed by atoms with van der Waals surface area (Å²) in [6.45, 7) is 6.13. The molecule has 1 fully saturated rings. The van der Waals surface area contributed by atoms with Crippen LogP contribution in [0.15, 0.2) is 115 Å². The number of ether oxygens (including phenoxy) is 7. The van der Waals surface area contributed by atoms with Gasteiger partial charge in [-0.1, -0.05) is 105 Å². The van der Waals surface area contributed by atoms with Gasteiger partial charge in [0.05, 0.1) is 16.7 Å². The van der Waals surface area contributed by atoms with Gasteiger partial charge in [0.2, 0.25) is 12.0 Å². The zero-order valence-electron chi connectivity index (χ0n) is 36.6. The summed E-state index contributed by atoms with van der Waals surface area (Å²) in [7, 11) is 0. The van der Waals surface area contributed by atoms with Gasteiger partial charge in [-0.25, -0.2) is 14.4 Å². The van der Waals surface area contributed by atoms with Gasteiger partial charge in [0.15, 0.2) is 11.5 Å². The Kier molecular flexibility index (Phi) is 13.0. The minimum Gasteiger partial charge on any atom is -0.508 e. The van der Waals surface area contributed by atoms with Gasteiger partial charge in [0, 0.05) is 34.1 Å². The predicted molar refractivity (Wildman–Crippen MR) is 239 cm³/mol. The minimum absolute atomic E-state index is 0.0390. The van der Waals surface area contributed by atoms with Gasteiger partial charge < -0.3 is 53.6 Å². The van der Waals surface area contributed by atoms with Crippen LogP contribution in [0, 0.1) is 25.7 Å². The van der Waals surface area contributed by atoms with Crippen LogP contribution in [0.1, 0.15) is 72.7 Å². The number of phenols is 4. The number of benzene rings is 6. The average molecular weight is 897 g/mol. The fraction of sp³-hybridized carbons (Fsp3) is 0.250. The molecule has 2 aliphatic heterocycles. The zero-order chi connectivity index (χ0) is 46.6. The Bertz CT molecular complexity index is 2690. The molecule has 14 heteroatoms. The maximum absolute atomic E-state index is 14.4. The second-order valence-electron chi connectivity index (χ2n) is 16.3. The Labute approximate surface area is 380 Å². The van der Waals surface area contributed by atoms with Crippen molar-refractivity contribution in [2.24, 2.45) is 11.8 Å². The van der Waals surface area contributed by atoms with E-state index in [1.54, 1.807) is 13.8 Å². The summed E-state index contributed by atoms with van der Waals surface area (Å²) in [4.78, 5) is 42.5. The Morgan fingerprint density at radius 2 is 1.08 bits per heavy atom. The quantitative estimate of drug-likeness (QED) is 0.0710. The minimum atomic E-state index is -1.28. The number of phenolic OH excluding ortho intramolecular Hbond substituents is 4. The van der Waals surface area contributed by atoms with Crippen LogP contribution in [-0.4, -0.2) is 63.4 Å². The fourth-order valence-electron chi connectivity index (χ4n) is 7.89. The third kappa shape index (κ3) is 9.26. The molecule has 0 aliphatic carbocycles. The molecule has 6 aromatic rings. The maximum Gasteiger partial charge on any atom is 0.340 e. The number of hydrogen-bond acceptors (Lipinski definition) is 14. The Morgan fingerprint density at radius 3 is 1.56 bits per heavy atom. The average Bonchev–Trinajstić information content (AvgIpc) is 3.34. The van der Waals surface area contributed by atoms with Crippen molar-refractivity contribution in [3.8, 4) is 51.4 Å². The van der Waals surface area contributed by atoms with Crippen molar-refractivity contribution in [2.75, 3.05) is 6.61 Å². The van der Waals surface area contributed by atoms with Crippen LogP contribution in [-0.2, 0) is 38.8 Å². The van der Waals surface area contributed by atoms with Crippen LogP contribution in [0.25, 0.3) is 11.1 Å². The highest BCUT2D eigenvalue weighted by molar-refractivity contribution is 6.07. The molecular weight excluding hydrogens is 849 g/mol. The number of cyclic esters (lactones) is 1. The summed E-state index contributed by atoms with van der Waals surface area (Å²) in [5.41, 5.74) is 1.13. The molecule has 0 saturated carbocycles. The predicted octanol–water partition coefficient (Wildman–Crippen LogP) is 9.08.